The van der Waals surface area contributed by atoms with E-state index in [-0.39, 0.29) is 19.8 Å². The maximum absolute atomic E-state index is 13.2. The zero-order chi connectivity index (χ0) is 23.9. The molecule has 3 aromatic rings. The minimum Gasteiger partial charge on any atom is -0.497 e. The van der Waals surface area contributed by atoms with E-state index in [1.165, 1.54) is 4.90 Å². The quantitative estimate of drug-likeness (QED) is 0.556. The number of amides is 1. The van der Waals surface area contributed by atoms with Crippen molar-refractivity contribution < 1.29 is 29.2 Å². The molecule has 7 heteroatoms. The van der Waals surface area contributed by atoms with Crippen molar-refractivity contribution in [3.63, 3.8) is 0 Å². The number of nitrogens with zero attached hydrogens (tertiary/aromatic N) is 1. The van der Waals surface area contributed by atoms with E-state index >= 15 is 0 Å². The normalized spacial score (nSPS) is 22.3. The molecule has 0 unspecified atom stereocenters. The Morgan fingerprint density at radius 1 is 0.882 bits per heavy atom. The summed E-state index contributed by atoms with van der Waals surface area (Å²) in [5.74, 6) is 0.667. The molecule has 0 aliphatic carbocycles. The maximum Gasteiger partial charge on any atom is 0.410 e. The van der Waals surface area contributed by atoms with Crippen molar-refractivity contribution in [1.82, 2.24) is 4.90 Å². The average Bonchev–Trinajstić information content (AvgIpc) is 2.89. The number of aliphatic hydroxyl groups excluding tert-OH is 2. The van der Waals surface area contributed by atoms with Gasteiger partial charge in [0, 0.05) is 0 Å². The molecule has 1 aliphatic rings. The molecule has 0 bridgehead atoms. The van der Waals surface area contributed by atoms with Gasteiger partial charge in [0.15, 0.2) is 0 Å². The molecule has 2 N–H and O–H groups in total. The van der Waals surface area contributed by atoms with Crippen molar-refractivity contribution in [1.29, 1.82) is 0 Å². The molecule has 1 amide bonds. The van der Waals surface area contributed by atoms with Gasteiger partial charge in [0.05, 0.1) is 26.3 Å². The SMILES string of the molecule is COc1ccc([C@@H]2[C@@H](OCc3ccccc3)[C@H](O)[C@H](O)CN2C(=O)OCc2ccccc2)cc1. The lowest BCUT2D eigenvalue weighted by molar-refractivity contribution is -0.159. The van der Waals surface area contributed by atoms with Gasteiger partial charge in [-0.1, -0.05) is 72.8 Å². The largest absolute Gasteiger partial charge is 0.497 e. The van der Waals surface area contributed by atoms with Crippen LogP contribution in [0.2, 0.25) is 0 Å². The fourth-order valence-electron chi connectivity index (χ4n) is 4.12. The van der Waals surface area contributed by atoms with E-state index in [2.05, 4.69) is 0 Å². The number of hydrogen-bond acceptors (Lipinski definition) is 6. The topological polar surface area (TPSA) is 88.5 Å². The summed E-state index contributed by atoms with van der Waals surface area (Å²) in [7, 11) is 1.58. The molecule has 0 saturated carbocycles. The second-order valence-corrected chi connectivity index (χ2v) is 8.23. The van der Waals surface area contributed by atoms with Gasteiger partial charge in [-0.3, -0.25) is 4.90 Å². The number of likely N-dealkylation sites (tertiary alicyclic amines) is 1. The van der Waals surface area contributed by atoms with E-state index in [1.54, 1.807) is 19.2 Å². The molecule has 34 heavy (non-hydrogen) atoms. The van der Waals surface area contributed by atoms with Crippen LogP contribution in [0, 0.1) is 0 Å². The van der Waals surface area contributed by atoms with Gasteiger partial charge in [0.1, 0.15) is 30.7 Å². The highest BCUT2D eigenvalue weighted by Gasteiger charge is 2.46. The maximum atomic E-state index is 13.2. The highest BCUT2D eigenvalue weighted by atomic mass is 16.6. The van der Waals surface area contributed by atoms with Gasteiger partial charge in [0.2, 0.25) is 0 Å². The Balaban J connectivity index is 1.60. The second kappa shape index (κ2) is 11.2. The fourth-order valence-corrected chi connectivity index (χ4v) is 4.12. The lowest BCUT2D eigenvalue weighted by Gasteiger charge is -2.45. The minimum absolute atomic E-state index is 0.0866. The van der Waals surface area contributed by atoms with Crippen molar-refractivity contribution in [2.24, 2.45) is 0 Å². The summed E-state index contributed by atoms with van der Waals surface area (Å²) in [4.78, 5) is 14.6. The first-order valence-electron chi connectivity index (χ1n) is 11.2. The van der Waals surface area contributed by atoms with E-state index < -0.39 is 30.4 Å². The molecule has 0 spiro atoms. The zero-order valence-corrected chi connectivity index (χ0v) is 19.0. The molecule has 0 aromatic heterocycles. The van der Waals surface area contributed by atoms with Crippen molar-refractivity contribution in [2.45, 2.75) is 37.6 Å². The van der Waals surface area contributed by atoms with Crippen LogP contribution in [0.5, 0.6) is 5.75 Å². The van der Waals surface area contributed by atoms with Gasteiger partial charge < -0.3 is 24.4 Å². The minimum atomic E-state index is -1.19. The van der Waals surface area contributed by atoms with Crippen LogP contribution in [-0.4, -0.2) is 53.2 Å². The predicted octanol–water partition coefficient (Wildman–Crippen LogP) is 3.70. The number of carbonyl (C=O) groups excluding carboxylic acids is 1. The summed E-state index contributed by atoms with van der Waals surface area (Å²) in [6.07, 6.45) is -3.83. The van der Waals surface area contributed by atoms with Gasteiger partial charge in [-0.05, 0) is 28.8 Å². The Hall–Kier alpha value is -3.39. The third-order valence-corrected chi connectivity index (χ3v) is 5.94. The number of methoxy groups -OCH3 is 1. The number of hydrogen-bond donors (Lipinski definition) is 2. The van der Waals surface area contributed by atoms with Crippen LogP contribution in [0.4, 0.5) is 4.79 Å². The summed E-state index contributed by atoms with van der Waals surface area (Å²) in [6.45, 7) is 0.227. The molecule has 1 aliphatic heterocycles. The fraction of sp³-hybridized carbons (Fsp3) is 0.296. The van der Waals surface area contributed by atoms with Gasteiger partial charge in [-0.2, -0.15) is 0 Å². The van der Waals surface area contributed by atoms with E-state index in [4.69, 9.17) is 14.2 Å². The summed E-state index contributed by atoms with van der Waals surface area (Å²) in [6, 6.07) is 25.5. The predicted molar refractivity (Wildman–Crippen MR) is 126 cm³/mol. The molecular formula is C27H29NO6. The Bertz CT molecular complexity index is 1040. The Labute approximate surface area is 199 Å². The first-order chi connectivity index (χ1) is 16.6. The van der Waals surface area contributed by atoms with Crippen molar-refractivity contribution in [3.05, 3.63) is 102 Å². The highest BCUT2D eigenvalue weighted by Crippen LogP contribution is 2.35. The Morgan fingerprint density at radius 3 is 2.06 bits per heavy atom. The van der Waals surface area contributed by atoms with E-state index in [0.29, 0.717) is 5.75 Å². The monoisotopic (exact) mass is 463 g/mol. The molecule has 178 valence electrons. The summed E-state index contributed by atoms with van der Waals surface area (Å²) >= 11 is 0. The molecule has 1 fully saturated rings. The van der Waals surface area contributed by atoms with Crippen LogP contribution in [0.15, 0.2) is 84.9 Å². The average molecular weight is 464 g/mol. The number of ether oxygens (including phenoxy) is 3. The van der Waals surface area contributed by atoms with Crippen molar-refractivity contribution in [2.75, 3.05) is 13.7 Å². The molecule has 4 atom stereocenters. The first-order valence-corrected chi connectivity index (χ1v) is 11.2. The number of aliphatic hydroxyl groups is 2. The second-order valence-electron chi connectivity index (χ2n) is 8.23. The summed E-state index contributed by atoms with van der Waals surface area (Å²) in [5, 5.41) is 21.5. The number of β-amino-alcohol motifs (C(OH)–C–C–N with tert-alkyl or cyclic N) is 1. The van der Waals surface area contributed by atoms with Crippen molar-refractivity contribution in [3.8, 4) is 5.75 Å². The molecule has 1 heterocycles. The molecule has 1 saturated heterocycles. The Morgan fingerprint density at radius 2 is 1.47 bits per heavy atom. The zero-order valence-electron chi connectivity index (χ0n) is 19.0. The number of piperidine rings is 1. The molecule has 3 aromatic carbocycles. The standard InChI is InChI=1S/C27H29NO6/c1-32-22-14-12-21(13-15-22)24-26(33-17-19-8-4-2-5-9-19)25(30)23(29)16-28(24)27(31)34-18-20-10-6-3-7-11-20/h2-15,23-26,29-30H,16-18H2,1H3/t23-,24-,25-,26-/m1/s1. The summed E-state index contributed by atoms with van der Waals surface area (Å²) < 4.78 is 17.0. The smallest absolute Gasteiger partial charge is 0.410 e. The number of rotatable bonds is 7. The molecule has 0 radical (unpaired) electrons. The van der Waals surface area contributed by atoms with Gasteiger partial charge in [0.25, 0.3) is 0 Å². The van der Waals surface area contributed by atoms with Crippen LogP contribution in [0.3, 0.4) is 0 Å². The number of carbonyl (C=O) groups is 1. The van der Waals surface area contributed by atoms with Gasteiger partial charge in [-0.15, -0.1) is 0 Å². The van der Waals surface area contributed by atoms with Crippen LogP contribution in [0.25, 0.3) is 0 Å². The molecular weight excluding hydrogens is 434 g/mol. The van der Waals surface area contributed by atoms with Gasteiger partial charge >= 0.3 is 6.09 Å². The third-order valence-electron chi connectivity index (χ3n) is 5.94. The third kappa shape index (κ3) is 5.56. The van der Waals surface area contributed by atoms with E-state index in [1.807, 2.05) is 72.8 Å². The van der Waals surface area contributed by atoms with Crippen LogP contribution >= 0.6 is 0 Å². The van der Waals surface area contributed by atoms with Crippen molar-refractivity contribution >= 4 is 6.09 Å². The van der Waals surface area contributed by atoms with Crippen LogP contribution < -0.4 is 4.74 Å². The lowest BCUT2D eigenvalue weighted by atomic mass is 9.89. The van der Waals surface area contributed by atoms with E-state index in [0.717, 1.165) is 16.7 Å². The molecule has 7 nitrogen and oxygen atoms in total. The Kier molecular flexibility index (Phi) is 7.80. The van der Waals surface area contributed by atoms with E-state index in [9.17, 15) is 15.0 Å². The number of benzene rings is 3. The molecule has 4 rings (SSSR count). The van der Waals surface area contributed by atoms with Crippen LogP contribution in [-0.2, 0) is 22.7 Å². The lowest BCUT2D eigenvalue weighted by Crippen LogP contribution is -2.59. The van der Waals surface area contributed by atoms with Gasteiger partial charge in [-0.25, -0.2) is 4.79 Å². The van der Waals surface area contributed by atoms with Crippen LogP contribution in [0.1, 0.15) is 22.7 Å². The summed E-state index contributed by atoms with van der Waals surface area (Å²) in [5.41, 5.74) is 2.51. The highest BCUT2D eigenvalue weighted by molar-refractivity contribution is 5.69. The first kappa shape index (κ1) is 23.8.